The molecule has 1 aromatic rings. The molecule has 4 N–H and O–H groups in total. The summed E-state index contributed by atoms with van der Waals surface area (Å²) >= 11 is 0. The summed E-state index contributed by atoms with van der Waals surface area (Å²) in [5.74, 6) is -1.35. The maximum atomic E-state index is 12.1. The predicted octanol–water partition coefficient (Wildman–Crippen LogP) is 0.513. The third kappa shape index (κ3) is 3.80. The topological polar surface area (TPSA) is 104 Å². The second-order valence-electron chi connectivity index (χ2n) is 5.35. The summed E-state index contributed by atoms with van der Waals surface area (Å²) < 4.78 is 0. The van der Waals surface area contributed by atoms with Gasteiger partial charge in [0.1, 0.15) is 6.04 Å². The van der Waals surface area contributed by atoms with E-state index in [1.807, 2.05) is 30.3 Å². The minimum absolute atomic E-state index is 0.0797. The lowest BCUT2D eigenvalue weighted by molar-refractivity contribution is -0.148. The van der Waals surface area contributed by atoms with E-state index < -0.39 is 18.1 Å². The van der Waals surface area contributed by atoms with E-state index in [1.54, 1.807) is 0 Å². The van der Waals surface area contributed by atoms with Gasteiger partial charge in [-0.25, -0.2) is 4.79 Å². The number of carbonyl (C=O) groups excluding carboxylic acids is 1. The molecule has 1 saturated heterocycles. The van der Waals surface area contributed by atoms with Crippen LogP contribution >= 0.6 is 0 Å². The SMILES string of the molecule is NC(CCC(=O)N1CC(O)CC1C(=O)O)c1ccccc1. The molecule has 2 rings (SSSR count). The van der Waals surface area contributed by atoms with E-state index >= 15 is 0 Å². The van der Waals surface area contributed by atoms with Gasteiger partial charge in [0, 0.05) is 25.4 Å². The number of carbonyl (C=O) groups is 2. The number of carboxylic acids is 1. The highest BCUT2D eigenvalue weighted by Gasteiger charge is 2.38. The van der Waals surface area contributed by atoms with Crippen LogP contribution in [0.5, 0.6) is 0 Å². The van der Waals surface area contributed by atoms with Crippen LogP contribution in [0.25, 0.3) is 0 Å². The zero-order valence-electron chi connectivity index (χ0n) is 11.7. The third-order valence-electron chi connectivity index (χ3n) is 3.78. The average Bonchev–Trinajstić information content (AvgIpc) is 2.87. The van der Waals surface area contributed by atoms with Crippen molar-refractivity contribution < 1.29 is 19.8 Å². The summed E-state index contributed by atoms with van der Waals surface area (Å²) in [5.41, 5.74) is 6.97. The van der Waals surface area contributed by atoms with Crippen LogP contribution in [0.1, 0.15) is 30.9 Å². The molecule has 6 heteroatoms. The summed E-state index contributed by atoms with van der Waals surface area (Å²) in [5, 5.41) is 18.6. The fourth-order valence-corrected chi connectivity index (χ4v) is 2.61. The van der Waals surface area contributed by atoms with Gasteiger partial charge in [0.15, 0.2) is 0 Å². The summed E-state index contributed by atoms with van der Waals surface area (Å²) in [6, 6.07) is 8.27. The highest BCUT2D eigenvalue weighted by atomic mass is 16.4. The Morgan fingerprint density at radius 3 is 2.62 bits per heavy atom. The quantitative estimate of drug-likeness (QED) is 0.733. The molecule has 0 saturated carbocycles. The van der Waals surface area contributed by atoms with Gasteiger partial charge >= 0.3 is 5.97 Å². The van der Waals surface area contributed by atoms with Crippen LogP contribution in [-0.4, -0.2) is 45.7 Å². The molecule has 0 spiro atoms. The summed E-state index contributed by atoms with van der Waals surface area (Å²) in [4.78, 5) is 24.5. The molecule has 1 amide bonds. The number of aliphatic hydroxyl groups excluding tert-OH is 1. The van der Waals surface area contributed by atoms with Gasteiger partial charge in [0.25, 0.3) is 0 Å². The third-order valence-corrected chi connectivity index (χ3v) is 3.78. The van der Waals surface area contributed by atoms with Crippen molar-refractivity contribution in [2.45, 2.75) is 37.5 Å². The Morgan fingerprint density at radius 1 is 1.33 bits per heavy atom. The van der Waals surface area contributed by atoms with Crippen LogP contribution in [0, 0.1) is 0 Å². The number of amides is 1. The average molecular weight is 292 g/mol. The molecule has 1 aromatic carbocycles. The van der Waals surface area contributed by atoms with Crippen LogP contribution in [0.4, 0.5) is 0 Å². The van der Waals surface area contributed by atoms with Gasteiger partial charge < -0.3 is 20.8 Å². The summed E-state index contributed by atoms with van der Waals surface area (Å²) in [6.07, 6.45) is -0.0574. The van der Waals surface area contributed by atoms with Gasteiger partial charge in [-0.05, 0) is 12.0 Å². The van der Waals surface area contributed by atoms with E-state index in [9.17, 15) is 14.7 Å². The normalized spacial score (nSPS) is 23.0. The van der Waals surface area contributed by atoms with Crippen molar-refractivity contribution in [3.05, 3.63) is 35.9 Å². The molecule has 0 radical (unpaired) electrons. The van der Waals surface area contributed by atoms with Crippen LogP contribution in [0.15, 0.2) is 30.3 Å². The Labute approximate surface area is 123 Å². The molecule has 1 aliphatic rings. The zero-order chi connectivity index (χ0) is 15.4. The molecule has 3 unspecified atom stereocenters. The van der Waals surface area contributed by atoms with E-state index in [0.717, 1.165) is 5.56 Å². The Balaban J connectivity index is 1.91. The molecule has 0 bridgehead atoms. The van der Waals surface area contributed by atoms with E-state index in [1.165, 1.54) is 4.90 Å². The van der Waals surface area contributed by atoms with Crippen LogP contribution in [0.3, 0.4) is 0 Å². The van der Waals surface area contributed by atoms with Crippen LogP contribution in [-0.2, 0) is 9.59 Å². The number of β-amino-alcohol motifs (C(OH)–C–C–N with tert-alkyl or cyclic N) is 1. The van der Waals surface area contributed by atoms with Crippen molar-refractivity contribution in [3.8, 4) is 0 Å². The number of aliphatic hydroxyl groups is 1. The Hall–Kier alpha value is -1.92. The number of hydrogen-bond donors (Lipinski definition) is 3. The number of rotatable bonds is 5. The highest BCUT2D eigenvalue weighted by Crippen LogP contribution is 2.21. The van der Waals surface area contributed by atoms with E-state index in [0.29, 0.717) is 6.42 Å². The summed E-state index contributed by atoms with van der Waals surface area (Å²) in [6.45, 7) is 0.0797. The van der Waals surface area contributed by atoms with Crippen LogP contribution < -0.4 is 5.73 Å². The first-order chi connectivity index (χ1) is 9.99. The lowest BCUT2D eigenvalue weighted by Crippen LogP contribution is -2.40. The largest absolute Gasteiger partial charge is 0.480 e. The Bertz CT molecular complexity index is 506. The maximum absolute atomic E-state index is 12.1. The van der Waals surface area contributed by atoms with Crippen molar-refractivity contribution in [3.63, 3.8) is 0 Å². The monoisotopic (exact) mass is 292 g/mol. The molecule has 0 aromatic heterocycles. The number of hydrogen-bond acceptors (Lipinski definition) is 4. The molecule has 1 aliphatic heterocycles. The maximum Gasteiger partial charge on any atom is 0.326 e. The lowest BCUT2D eigenvalue weighted by Gasteiger charge is -2.22. The van der Waals surface area contributed by atoms with E-state index in [-0.39, 0.29) is 31.3 Å². The highest BCUT2D eigenvalue weighted by molar-refractivity contribution is 5.84. The number of nitrogens with two attached hydrogens (primary N) is 1. The van der Waals surface area contributed by atoms with Crippen molar-refractivity contribution in [1.82, 2.24) is 4.90 Å². The second kappa shape index (κ2) is 6.69. The van der Waals surface area contributed by atoms with E-state index in [2.05, 4.69) is 0 Å². The minimum atomic E-state index is -1.08. The molecule has 21 heavy (non-hydrogen) atoms. The molecule has 1 heterocycles. The van der Waals surface area contributed by atoms with Gasteiger partial charge in [-0.3, -0.25) is 4.79 Å². The smallest absolute Gasteiger partial charge is 0.326 e. The number of nitrogens with zero attached hydrogens (tertiary/aromatic N) is 1. The summed E-state index contributed by atoms with van der Waals surface area (Å²) in [7, 11) is 0. The molecule has 3 atom stereocenters. The molecular formula is C15H20N2O4. The van der Waals surface area contributed by atoms with Crippen molar-refractivity contribution >= 4 is 11.9 Å². The molecule has 1 fully saturated rings. The van der Waals surface area contributed by atoms with Gasteiger partial charge in [0.05, 0.1) is 6.10 Å². The Kier molecular flexibility index (Phi) is 4.93. The van der Waals surface area contributed by atoms with Gasteiger partial charge in [0.2, 0.25) is 5.91 Å². The number of aliphatic carboxylic acids is 1. The first-order valence-corrected chi connectivity index (χ1v) is 7.00. The first-order valence-electron chi connectivity index (χ1n) is 7.00. The fourth-order valence-electron chi connectivity index (χ4n) is 2.61. The van der Waals surface area contributed by atoms with Crippen molar-refractivity contribution in [2.24, 2.45) is 5.73 Å². The predicted molar refractivity (Wildman–Crippen MR) is 76.4 cm³/mol. The molecule has 114 valence electrons. The van der Waals surface area contributed by atoms with Crippen molar-refractivity contribution in [1.29, 1.82) is 0 Å². The molecular weight excluding hydrogens is 272 g/mol. The molecule has 0 aliphatic carbocycles. The van der Waals surface area contributed by atoms with E-state index in [4.69, 9.17) is 10.8 Å². The standard InChI is InChI=1S/C15H20N2O4/c16-12(10-4-2-1-3-5-10)6-7-14(19)17-9-11(18)8-13(17)15(20)21/h1-5,11-13,18H,6-9,16H2,(H,20,21). The van der Waals surface area contributed by atoms with Gasteiger partial charge in [-0.2, -0.15) is 0 Å². The number of likely N-dealkylation sites (tertiary alicyclic amines) is 1. The fraction of sp³-hybridized carbons (Fsp3) is 0.467. The molecule has 6 nitrogen and oxygen atoms in total. The van der Waals surface area contributed by atoms with Crippen molar-refractivity contribution in [2.75, 3.05) is 6.54 Å². The Morgan fingerprint density at radius 2 is 2.00 bits per heavy atom. The van der Waals surface area contributed by atoms with Gasteiger partial charge in [-0.1, -0.05) is 30.3 Å². The number of benzene rings is 1. The van der Waals surface area contributed by atoms with Crippen LogP contribution in [0.2, 0.25) is 0 Å². The lowest BCUT2D eigenvalue weighted by atomic mass is 10.0. The minimum Gasteiger partial charge on any atom is -0.480 e. The van der Waals surface area contributed by atoms with Gasteiger partial charge in [-0.15, -0.1) is 0 Å². The first kappa shape index (κ1) is 15.5. The zero-order valence-corrected chi connectivity index (χ0v) is 11.7. The second-order valence-corrected chi connectivity index (χ2v) is 5.35. The number of carboxylic acid groups (broad SMARTS) is 1.